The minimum Gasteiger partial charge on any atom is -0.368 e. The van der Waals surface area contributed by atoms with E-state index in [2.05, 4.69) is 15.4 Å². The lowest BCUT2D eigenvalue weighted by atomic mass is 9.88. The van der Waals surface area contributed by atoms with Gasteiger partial charge in [-0.1, -0.05) is 30.3 Å². The van der Waals surface area contributed by atoms with Crippen molar-refractivity contribution >= 4 is 21.4 Å². The van der Waals surface area contributed by atoms with Crippen molar-refractivity contribution in [3.8, 4) is 0 Å². The van der Waals surface area contributed by atoms with E-state index in [4.69, 9.17) is 0 Å². The van der Waals surface area contributed by atoms with Crippen LogP contribution in [0.4, 0.5) is 0 Å². The largest absolute Gasteiger partial charge is 0.369 e. The fourth-order valence-electron chi connectivity index (χ4n) is 2.35. The van der Waals surface area contributed by atoms with Crippen LogP contribution in [-0.2, 0) is 15.6 Å². The third-order valence-electron chi connectivity index (χ3n) is 3.77. The molecule has 24 heavy (non-hydrogen) atoms. The van der Waals surface area contributed by atoms with Crippen LogP contribution in [0.3, 0.4) is 0 Å². The molecule has 1 aromatic rings. The summed E-state index contributed by atoms with van der Waals surface area (Å²) in [6.45, 7) is 0. The molecule has 2 rings (SSSR count). The molecule has 1 unspecified atom stereocenters. The molecule has 132 valence electrons. The molecule has 5 N–H and O–H groups in total. The second-order valence-corrected chi connectivity index (χ2v) is 9.57. The van der Waals surface area contributed by atoms with Gasteiger partial charge in [0.25, 0.3) is 5.08 Å². The summed E-state index contributed by atoms with van der Waals surface area (Å²) >= 11 is 0. The molecule has 1 aromatic carbocycles. The van der Waals surface area contributed by atoms with Gasteiger partial charge in [-0.05, 0) is 17.2 Å². The van der Waals surface area contributed by atoms with Crippen LogP contribution in [0.15, 0.2) is 45.8 Å². The van der Waals surface area contributed by atoms with Crippen LogP contribution < -0.4 is 0 Å². The minimum absolute atomic E-state index is 0.249. The lowest BCUT2D eigenvalue weighted by molar-refractivity contribution is 0.117. The van der Waals surface area contributed by atoms with Gasteiger partial charge in [-0.25, -0.2) is 0 Å². The maximum absolute atomic E-state index is 11.4. The fourth-order valence-corrected chi connectivity index (χ4v) is 4.52. The van der Waals surface area contributed by atoms with Gasteiger partial charge in [0, 0.05) is 12.8 Å². The highest BCUT2D eigenvalue weighted by Gasteiger charge is 2.59. The molecule has 0 amide bonds. The number of nitrogens with zero attached hydrogens (tertiary/aromatic N) is 3. The monoisotopic (exact) mass is 377 g/mol. The lowest BCUT2D eigenvalue weighted by Crippen LogP contribution is -2.35. The van der Waals surface area contributed by atoms with E-state index >= 15 is 0 Å². The second-order valence-electron chi connectivity index (χ2n) is 5.56. The van der Waals surface area contributed by atoms with Gasteiger partial charge in [-0.15, -0.1) is 5.10 Å². The van der Waals surface area contributed by atoms with Crippen molar-refractivity contribution in [2.24, 2.45) is 15.4 Å². The van der Waals surface area contributed by atoms with E-state index in [1.807, 2.05) is 0 Å². The van der Waals surface area contributed by atoms with Crippen molar-refractivity contribution in [2.45, 2.75) is 29.9 Å². The molecule has 0 aromatic heterocycles. The Morgan fingerprint density at radius 2 is 1.62 bits per heavy atom. The van der Waals surface area contributed by atoms with Gasteiger partial charge in [-0.2, -0.15) is 5.11 Å². The topological polar surface area (TPSA) is 172 Å². The number of hydrogen-bond donors (Lipinski definition) is 5. The molecule has 0 bridgehead atoms. The van der Waals surface area contributed by atoms with Crippen molar-refractivity contribution in [1.29, 1.82) is 0 Å². The minimum atomic E-state index is -5.50. The molecule has 0 fully saturated rings. The molecule has 0 saturated heterocycles. The Labute approximate surface area is 137 Å². The van der Waals surface area contributed by atoms with Crippen LogP contribution in [0.25, 0.3) is 0 Å². The van der Waals surface area contributed by atoms with Crippen LogP contribution in [0, 0.1) is 0 Å². The van der Waals surface area contributed by atoms with Gasteiger partial charge in [-0.3, -0.25) is 9.13 Å². The number of hydrogen-bond acceptors (Lipinski definition) is 6. The first-order valence-electron chi connectivity index (χ1n) is 6.83. The highest BCUT2D eigenvalue weighted by atomic mass is 31.2. The predicted octanol–water partition coefficient (Wildman–Crippen LogP) is 1.20. The first-order chi connectivity index (χ1) is 11.0. The summed E-state index contributed by atoms with van der Waals surface area (Å²) in [7, 11) is -11.0. The summed E-state index contributed by atoms with van der Waals surface area (Å²) < 4.78 is 22.9. The number of aliphatic hydroxyl groups is 1. The van der Waals surface area contributed by atoms with Crippen LogP contribution in [-0.4, -0.2) is 41.5 Å². The third-order valence-corrected chi connectivity index (χ3v) is 7.65. The van der Waals surface area contributed by atoms with Crippen molar-refractivity contribution in [1.82, 2.24) is 0 Å². The van der Waals surface area contributed by atoms with E-state index in [1.54, 1.807) is 30.3 Å². The zero-order valence-electron chi connectivity index (χ0n) is 12.4. The van der Waals surface area contributed by atoms with E-state index in [1.165, 1.54) is 6.21 Å². The van der Waals surface area contributed by atoms with Crippen molar-refractivity contribution in [3.63, 3.8) is 0 Å². The van der Waals surface area contributed by atoms with Gasteiger partial charge < -0.3 is 24.7 Å². The van der Waals surface area contributed by atoms with Crippen molar-refractivity contribution in [2.75, 3.05) is 0 Å². The first kappa shape index (κ1) is 19.1. The zero-order valence-corrected chi connectivity index (χ0v) is 14.2. The molecule has 0 spiro atoms. The Morgan fingerprint density at radius 3 is 2.08 bits per heavy atom. The Morgan fingerprint density at radius 1 is 1.04 bits per heavy atom. The van der Waals surface area contributed by atoms with Crippen LogP contribution in [0.1, 0.15) is 18.4 Å². The third kappa shape index (κ3) is 3.87. The summed E-state index contributed by atoms with van der Waals surface area (Å²) in [6, 6.07) is 8.96. The molecule has 0 radical (unpaired) electrons. The quantitative estimate of drug-likeness (QED) is 0.444. The van der Waals surface area contributed by atoms with E-state index in [0.29, 0.717) is 0 Å². The van der Waals surface area contributed by atoms with E-state index in [0.717, 1.165) is 5.56 Å². The highest BCUT2D eigenvalue weighted by molar-refractivity contribution is 7.72. The van der Waals surface area contributed by atoms with Gasteiger partial charge in [0.05, 0.1) is 6.21 Å². The standard InChI is InChI=1S/C12H17N3O7P2/c16-12(23(17,18)19,24(20,21)22)7-6-11(9-13-15-14-11)8-10-4-2-1-3-5-10/h1-5,9,16H,6-8H2,(H2,17,18,19)(H2,20,21,22). The van der Waals surface area contributed by atoms with Gasteiger partial charge >= 0.3 is 15.2 Å². The summed E-state index contributed by atoms with van der Waals surface area (Å²) in [5, 5.41) is 17.5. The lowest BCUT2D eigenvalue weighted by Gasteiger charge is -2.31. The predicted molar refractivity (Wildman–Crippen MR) is 84.5 cm³/mol. The average Bonchev–Trinajstić information content (AvgIpc) is 2.92. The molecule has 10 nitrogen and oxygen atoms in total. The summed E-state index contributed by atoms with van der Waals surface area (Å²) in [4.78, 5) is 36.8. The Kier molecular flexibility index (Phi) is 5.22. The molecule has 1 aliphatic heterocycles. The van der Waals surface area contributed by atoms with Gasteiger partial charge in [0.2, 0.25) is 0 Å². The maximum atomic E-state index is 11.4. The van der Waals surface area contributed by atoms with Crippen LogP contribution in [0.5, 0.6) is 0 Å². The summed E-state index contributed by atoms with van der Waals surface area (Å²) in [5.74, 6) is 0. The van der Waals surface area contributed by atoms with Crippen molar-refractivity contribution in [3.05, 3.63) is 35.9 Å². The maximum Gasteiger partial charge on any atom is 0.369 e. The fraction of sp³-hybridized carbons (Fsp3) is 0.417. The molecule has 0 saturated carbocycles. The average molecular weight is 377 g/mol. The molecule has 1 atom stereocenters. The van der Waals surface area contributed by atoms with E-state index < -0.39 is 32.2 Å². The van der Waals surface area contributed by atoms with Crippen LogP contribution in [0.2, 0.25) is 0 Å². The Bertz CT molecular complexity index is 706. The SMILES string of the molecule is O=P(O)(O)C(O)(CCC1(Cc2ccccc2)C=NN=N1)P(=O)(O)O. The molecular formula is C12H17N3O7P2. The molecule has 12 heteroatoms. The number of benzene rings is 1. The molecular weight excluding hydrogens is 360 g/mol. The first-order valence-corrected chi connectivity index (χ1v) is 10.1. The van der Waals surface area contributed by atoms with Crippen LogP contribution >= 0.6 is 15.2 Å². The van der Waals surface area contributed by atoms with Gasteiger partial charge in [0.15, 0.2) is 0 Å². The van der Waals surface area contributed by atoms with Gasteiger partial charge in [0.1, 0.15) is 5.54 Å². The zero-order chi connectivity index (χ0) is 18.1. The smallest absolute Gasteiger partial charge is 0.368 e. The summed E-state index contributed by atoms with van der Waals surface area (Å²) in [5.41, 5.74) is -0.319. The van der Waals surface area contributed by atoms with E-state index in [9.17, 15) is 33.8 Å². The second kappa shape index (κ2) is 6.57. The molecule has 0 aliphatic carbocycles. The number of rotatable bonds is 7. The molecule has 1 heterocycles. The van der Waals surface area contributed by atoms with E-state index in [-0.39, 0.29) is 12.8 Å². The highest BCUT2D eigenvalue weighted by Crippen LogP contribution is 2.69. The van der Waals surface area contributed by atoms with Crippen molar-refractivity contribution < 1.29 is 33.8 Å². The Hall–Kier alpha value is -1.25. The Balaban J connectivity index is 2.26. The summed E-state index contributed by atoms with van der Waals surface area (Å²) in [6.07, 6.45) is 0.444. The normalized spacial score (nSPS) is 21.4. The molecule has 1 aliphatic rings.